The summed E-state index contributed by atoms with van der Waals surface area (Å²) in [6, 6.07) is 0.431. The Morgan fingerprint density at radius 3 is 2.50 bits per heavy atom. The summed E-state index contributed by atoms with van der Waals surface area (Å²) >= 11 is 0. The number of hydrogen-bond donors (Lipinski definition) is 1. The molecule has 1 N–H and O–H groups in total. The van der Waals surface area contributed by atoms with Gasteiger partial charge in [0.1, 0.15) is 0 Å². The van der Waals surface area contributed by atoms with Crippen LogP contribution in [-0.2, 0) is 4.79 Å². The first kappa shape index (κ1) is 13.9. The normalized spacial score (nSPS) is 30.3. The molecule has 0 aromatic rings. The molecular formula is C15H28N2O. The molecule has 3 unspecified atom stereocenters. The zero-order valence-corrected chi connectivity index (χ0v) is 12.3. The summed E-state index contributed by atoms with van der Waals surface area (Å²) in [6.07, 6.45) is 6.39. The Labute approximate surface area is 111 Å². The fourth-order valence-electron chi connectivity index (χ4n) is 3.12. The zero-order valence-electron chi connectivity index (χ0n) is 12.3. The molecule has 0 aromatic heterocycles. The number of carbonyl (C=O) groups excluding carboxylic acids is 1. The third-order valence-electron chi connectivity index (χ3n) is 4.30. The van der Waals surface area contributed by atoms with E-state index < -0.39 is 0 Å². The molecule has 18 heavy (non-hydrogen) atoms. The molecule has 1 aliphatic carbocycles. The lowest BCUT2D eigenvalue weighted by molar-refractivity contribution is -0.132. The molecule has 1 heterocycles. The standard InChI is InChI=1S/C15H28N2O/c1-5-6-13-16-14(10(2)3)15(18)17(13)11(4)9-12-7-8-12/h10-14,16H,5-9H2,1-4H3. The van der Waals surface area contributed by atoms with Gasteiger partial charge in [0.25, 0.3) is 0 Å². The highest BCUT2D eigenvalue weighted by atomic mass is 16.2. The van der Waals surface area contributed by atoms with Crippen molar-refractivity contribution in [3.63, 3.8) is 0 Å². The maximum absolute atomic E-state index is 12.5. The van der Waals surface area contributed by atoms with Gasteiger partial charge in [-0.25, -0.2) is 0 Å². The highest BCUT2D eigenvalue weighted by Crippen LogP contribution is 2.36. The second kappa shape index (κ2) is 5.60. The lowest BCUT2D eigenvalue weighted by atomic mass is 10.0. The fourth-order valence-corrected chi connectivity index (χ4v) is 3.12. The summed E-state index contributed by atoms with van der Waals surface area (Å²) < 4.78 is 0. The minimum absolute atomic E-state index is 0.0307. The smallest absolute Gasteiger partial charge is 0.241 e. The summed E-state index contributed by atoms with van der Waals surface area (Å²) in [5, 5.41) is 3.54. The van der Waals surface area contributed by atoms with Crippen LogP contribution in [0.3, 0.4) is 0 Å². The molecule has 1 saturated heterocycles. The number of amides is 1. The SMILES string of the molecule is CCCC1NC(C(C)C)C(=O)N1C(C)CC1CC1. The molecule has 3 heteroatoms. The molecule has 0 bridgehead atoms. The fraction of sp³-hybridized carbons (Fsp3) is 0.933. The Balaban J connectivity index is 2.04. The van der Waals surface area contributed by atoms with Crippen LogP contribution in [-0.4, -0.2) is 29.1 Å². The average Bonchev–Trinajstić information content (AvgIpc) is 3.03. The highest BCUT2D eigenvalue weighted by Gasteiger charge is 2.42. The number of hydrogen-bond acceptors (Lipinski definition) is 2. The van der Waals surface area contributed by atoms with Gasteiger partial charge in [-0.2, -0.15) is 0 Å². The van der Waals surface area contributed by atoms with E-state index in [0.29, 0.717) is 17.9 Å². The lowest BCUT2D eigenvalue weighted by Crippen LogP contribution is -2.43. The van der Waals surface area contributed by atoms with Crippen LogP contribution in [0, 0.1) is 11.8 Å². The van der Waals surface area contributed by atoms with Gasteiger partial charge in [0.2, 0.25) is 5.91 Å². The second-order valence-electron chi connectivity index (χ2n) is 6.47. The minimum Gasteiger partial charge on any atom is -0.323 e. The van der Waals surface area contributed by atoms with Crippen LogP contribution < -0.4 is 5.32 Å². The Morgan fingerprint density at radius 2 is 2.00 bits per heavy atom. The number of carbonyl (C=O) groups is 1. The Kier molecular flexibility index (Phi) is 4.31. The van der Waals surface area contributed by atoms with Gasteiger partial charge in [-0.3, -0.25) is 10.1 Å². The van der Waals surface area contributed by atoms with E-state index >= 15 is 0 Å². The van der Waals surface area contributed by atoms with Crippen molar-refractivity contribution in [2.45, 2.75) is 78.0 Å². The van der Waals surface area contributed by atoms with Crippen LogP contribution in [0.5, 0.6) is 0 Å². The largest absolute Gasteiger partial charge is 0.323 e. The van der Waals surface area contributed by atoms with Crippen molar-refractivity contribution in [3.05, 3.63) is 0 Å². The van der Waals surface area contributed by atoms with E-state index in [4.69, 9.17) is 0 Å². The number of nitrogens with one attached hydrogen (secondary N) is 1. The van der Waals surface area contributed by atoms with Gasteiger partial charge in [0.05, 0.1) is 12.2 Å². The molecule has 1 aliphatic heterocycles. The summed E-state index contributed by atoms with van der Waals surface area (Å²) in [5.41, 5.74) is 0. The van der Waals surface area contributed by atoms with E-state index in [1.54, 1.807) is 0 Å². The highest BCUT2D eigenvalue weighted by molar-refractivity contribution is 5.84. The van der Waals surface area contributed by atoms with Crippen molar-refractivity contribution in [3.8, 4) is 0 Å². The van der Waals surface area contributed by atoms with Gasteiger partial charge in [-0.15, -0.1) is 0 Å². The quantitative estimate of drug-likeness (QED) is 0.788. The maximum atomic E-state index is 12.5. The van der Waals surface area contributed by atoms with Gasteiger partial charge in [0.15, 0.2) is 0 Å². The second-order valence-corrected chi connectivity index (χ2v) is 6.47. The Hall–Kier alpha value is -0.570. The molecule has 2 rings (SSSR count). The number of rotatable bonds is 6. The molecule has 1 saturated carbocycles. The predicted molar refractivity (Wildman–Crippen MR) is 74.1 cm³/mol. The van der Waals surface area contributed by atoms with E-state index in [1.165, 1.54) is 19.3 Å². The molecule has 2 aliphatic rings. The van der Waals surface area contributed by atoms with Gasteiger partial charge >= 0.3 is 0 Å². The number of nitrogens with zero attached hydrogens (tertiary/aromatic N) is 1. The van der Waals surface area contributed by atoms with Gasteiger partial charge in [-0.1, -0.05) is 40.0 Å². The van der Waals surface area contributed by atoms with Gasteiger partial charge in [0, 0.05) is 6.04 Å². The van der Waals surface area contributed by atoms with Crippen molar-refractivity contribution in [1.29, 1.82) is 0 Å². The van der Waals surface area contributed by atoms with E-state index in [2.05, 4.69) is 37.9 Å². The third kappa shape index (κ3) is 2.87. The van der Waals surface area contributed by atoms with E-state index in [1.807, 2.05) is 0 Å². The van der Waals surface area contributed by atoms with Crippen LogP contribution in [0.15, 0.2) is 0 Å². The lowest BCUT2D eigenvalue weighted by Gasteiger charge is -2.30. The third-order valence-corrected chi connectivity index (χ3v) is 4.30. The van der Waals surface area contributed by atoms with Gasteiger partial charge < -0.3 is 4.90 Å². The van der Waals surface area contributed by atoms with Crippen molar-refractivity contribution >= 4 is 5.91 Å². The monoisotopic (exact) mass is 252 g/mol. The summed E-state index contributed by atoms with van der Waals surface area (Å²) in [5.74, 6) is 1.60. The van der Waals surface area contributed by atoms with Crippen LogP contribution >= 0.6 is 0 Å². The summed E-state index contributed by atoms with van der Waals surface area (Å²) in [7, 11) is 0. The molecular weight excluding hydrogens is 224 g/mol. The first-order valence-electron chi connectivity index (χ1n) is 7.62. The molecule has 3 nitrogen and oxygen atoms in total. The molecule has 1 amide bonds. The molecule has 104 valence electrons. The zero-order chi connectivity index (χ0) is 13.3. The first-order valence-corrected chi connectivity index (χ1v) is 7.62. The predicted octanol–water partition coefficient (Wildman–Crippen LogP) is 2.76. The maximum Gasteiger partial charge on any atom is 0.241 e. The van der Waals surface area contributed by atoms with Crippen LogP contribution in [0.1, 0.15) is 59.8 Å². The molecule has 0 radical (unpaired) electrons. The van der Waals surface area contributed by atoms with E-state index in [0.717, 1.165) is 18.8 Å². The topological polar surface area (TPSA) is 32.3 Å². The first-order chi connectivity index (χ1) is 8.54. The van der Waals surface area contributed by atoms with Crippen molar-refractivity contribution in [1.82, 2.24) is 10.2 Å². The minimum atomic E-state index is 0.0307. The van der Waals surface area contributed by atoms with Crippen LogP contribution in [0.25, 0.3) is 0 Å². The Bertz CT molecular complexity index is 299. The summed E-state index contributed by atoms with van der Waals surface area (Å²) in [6.45, 7) is 8.68. The molecule has 3 atom stereocenters. The van der Waals surface area contributed by atoms with Crippen molar-refractivity contribution in [2.75, 3.05) is 0 Å². The van der Waals surface area contributed by atoms with E-state index in [9.17, 15) is 4.79 Å². The van der Waals surface area contributed by atoms with Gasteiger partial charge in [-0.05, 0) is 31.6 Å². The molecule has 0 aromatic carbocycles. The Morgan fingerprint density at radius 1 is 1.33 bits per heavy atom. The average molecular weight is 252 g/mol. The molecule has 0 spiro atoms. The van der Waals surface area contributed by atoms with E-state index in [-0.39, 0.29) is 12.2 Å². The van der Waals surface area contributed by atoms with Crippen molar-refractivity contribution < 1.29 is 4.79 Å². The van der Waals surface area contributed by atoms with Crippen molar-refractivity contribution in [2.24, 2.45) is 11.8 Å². The molecule has 2 fully saturated rings. The van der Waals surface area contributed by atoms with Crippen LogP contribution in [0.2, 0.25) is 0 Å². The summed E-state index contributed by atoms with van der Waals surface area (Å²) in [4.78, 5) is 14.7. The van der Waals surface area contributed by atoms with Crippen LogP contribution in [0.4, 0.5) is 0 Å².